The average Bonchev–Trinajstić information content (AvgIpc) is 2.76. The number of nitrogens with zero attached hydrogens (tertiary/aromatic N) is 1. The molecule has 152 valence electrons. The van der Waals surface area contributed by atoms with E-state index >= 15 is 0 Å². The van der Waals surface area contributed by atoms with E-state index in [1.54, 1.807) is 18.2 Å². The summed E-state index contributed by atoms with van der Waals surface area (Å²) in [4.78, 5) is 23.8. The number of benzene rings is 3. The van der Waals surface area contributed by atoms with E-state index in [1.165, 1.54) is 24.4 Å². The van der Waals surface area contributed by atoms with Gasteiger partial charge in [-0.05, 0) is 41.5 Å². The zero-order valence-electron chi connectivity index (χ0n) is 15.6. The lowest BCUT2D eigenvalue weighted by Gasteiger charge is -2.07. The molecule has 0 spiro atoms. The fraction of sp³-hybridized carbons (Fsp3) is 0.0455. The Hall–Kier alpha value is -3.35. The predicted molar refractivity (Wildman–Crippen MR) is 118 cm³/mol. The summed E-state index contributed by atoms with van der Waals surface area (Å²) in [7, 11) is 0. The summed E-state index contributed by atoms with van der Waals surface area (Å²) in [6.45, 7) is 0.438. The first-order valence-corrected chi connectivity index (χ1v) is 9.63. The number of amides is 2. The number of hydrazone groups is 1. The smallest absolute Gasteiger partial charge is 0.329 e. The molecular weight excluding hydrogens is 425 g/mol. The number of hydrogen-bond acceptors (Lipinski definition) is 4. The minimum absolute atomic E-state index is 0.266. The molecular formula is C22H17Cl2N3O3. The third-order valence-corrected chi connectivity index (χ3v) is 4.61. The highest BCUT2D eigenvalue weighted by Crippen LogP contribution is 2.24. The molecule has 2 amide bonds. The van der Waals surface area contributed by atoms with E-state index in [9.17, 15) is 9.59 Å². The Morgan fingerprint density at radius 1 is 0.900 bits per heavy atom. The van der Waals surface area contributed by atoms with Crippen molar-refractivity contribution < 1.29 is 14.3 Å². The third kappa shape index (κ3) is 6.34. The molecule has 3 aromatic rings. The number of carbonyl (C=O) groups is 2. The molecule has 2 N–H and O–H groups in total. The highest BCUT2D eigenvalue weighted by Gasteiger charge is 2.13. The molecule has 0 aliphatic heterocycles. The molecule has 0 unspecified atom stereocenters. The molecule has 0 saturated heterocycles. The van der Waals surface area contributed by atoms with E-state index in [1.807, 2.05) is 36.4 Å². The molecule has 8 heteroatoms. The van der Waals surface area contributed by atoms with Crippen molar-refractivity contribution in [3.63, 3.8) is 0 Å². The van der Waals surface area contributed by atoms with Crippen molar-refractivity contribution in [1.82, 2.24) is 5.43 Å². The lowest BCUT2D eigenvalue weighted by Crippen LogP contribution is -2.32. The van der Waals surface area contributed by atoms with Gasteiger partial charge in [0, 0.05) is 5.69 Å². The van der Waals surface area contributed by atoms with Gasteiger partial charge in [0.05, 0.1) is 16.3 Å². The van der Waals surface area contributed by atoms with Crippen LogP contribution in [0.15, 0.2) is 77.9 Å². The van der Waals surface area contributed by atoms with E-state index in [0.717, 1.165) is 5.56 Å². The third-order valence-electron chi connectivity index (χ3n) is 3.87. The van der Waals surface area contributed by atoms with Gasteiger partial charge in [0.15, 0.2) is 0 Å². The fourth-order valence-corrected chi connectivity index (χ4v) is 2.70. The summed E-state index contributed by atoms with van der Waals surface area (Å²) in [6, 6.07) is 21.5. The molecule has 0 fully saturated rings. The number of carbonyl (C=O) groups excluding carboxylic acids is 2. The first kappa shape index (κ1) is 21.4. The van der Waals surface area contributed by atoms with Crippen LogP contribution in [-0.2, 0) is 16.2 Å². The minimum Gasteiger partial charge on any atom is -0.489 e. The van der Waals surface area contributed by atoms with Crippen molar-refractivity contribution in [1.29, 1.82) is 0 Å². The summed E-state index contributed by atoms with van der Waals surface area (Å²) < 4.78 is 5.75. The molecule has 0 bridgehead atoms. The van der Waals surface area contributed by atoms with Gasteiger partial charge in [-0.25, -0.2) is 5.43 Å². The molecule has 0 heterocycles. The van der Waals surface area contributed by atoms with Crippen LogP contribution in [0.5, 0.6) is 5.75 Å². The average molecular weight is 442 g/mol. The molecule has 0 aliphatic rings. The van der Waals surface area contributed by atoms with Crippen molar-refractivity contribution in [2.24, 2.45) is 5.10 Å². The van der Waals surface area contributed by atoms with Crippen LogP contribution in [0.3, 0.4) is 0 Å². The second-order valence-electron chi connectivity index (χ2n) is 6.13. The van der Waals surface area contributed by atoms with Crippen molar-refractivity contribution in [2.45, 2.75) is 6.61 Å². The lowest BCUT2D eigenvalue weighted by molar-refractivity contribution is -0.136. The first-order valence-electron chi connectivity index (χ1n) is 8.87. The number of halogens is 2. The SMILES string of the molecule is O=C(N/N=C/c1cccc(OCc2ccccc2)c1)C(=O)Nc1ccc(Cl)c(Cl)c1. The number of ether oxygens (including phenoxy) is 1. The maximum atomic E-state index is 11.9. The Bertz CT molecular complexity index is 1070. The van der Waals surface area contributed by atoms with Gasteiger partial charge < -0.3 is 10.1 Å². The fourth-order valence-electron chi connectivity index (χ4n) is 2.40. The molecule has 3 rings (SSSR count). The van der Waals surface area contributed by atoms with E-state index in [2.05, 4.69) is 15.8 Å². The van der Waals surface area contributed by atoms with Crippen LogP contribution in [0.1, 0.15) is 11.1 Å². The van der Waals surface area contributed by atoms with Gasteiger partial charge in [0.25, 0.3) is 0 Å². The Labute approximate surface area is 183 Å². The minimum atomic E-state index is -0.922. The van der Waals surface area contributed by atoms with E-state index in [-0.39, 0.29) is 5.02 Å². The van der Waals surface area contributed by atoms with Gasteiger partial charge in [0.1, 0.15) is 12.4 Å². The highest BCUT2D eigenvalue weighted by atomic mass is 35.5. The monoisotopic (exact) mass is 441 g/mol. The number of hydrogen-bond donors (Lipinski definition) is 2. The number of anilines is 1. The first-order chi connectivity index (χ1) is 14.5. The van der Waals surface area contributed by atoms with Crippen LogP contribution in [0.25, 0.3) is 0 Å². The maximum Gasteiger partial charge on any atom is 0.329 e. The van der Waals surface area contributed by atoms with Gasteiger partial charge in [0.2, 0.25) is 0 Å². The normalized spacial score (nSPS) is 10.6. The van der Waals surface area contributed by atoms with Crippen molar-refractivity contribution in [3.05, 3.63) is 94.0 Å². The summed E-state index contributed by atoms with van der Waals surface area (Å²) >= 11 is 11.7. The summed E-state index contributed by atoms with van der Waals surface area (Å²) in [5, 5.41) is 6.83. The van der Waals surface area contributed by atoms with Crippen molar-refractivity contribution in [3.8, 4) is 5.75 Å². The van der Waals surface area contributed by atoms with Gasteiger partial charge in [-0.2, -0.15) is 5.10 Å². The van der Waals surface area contributed by atoms with Crippen LogP contribution in [0, 0.1) is 0 Å². The molecule has 0 saturated carbocycles. The number of rotatable bonds is 6. The van der Waals surface area contributed by atoms with E-state index in [0.29, 0.717) is 28.6 Å². The zero-order valence-corrected chi connectivity index (χ0v) is 17.2. The van der Waals surface area contributed by atoms with Gasteiger partial charge >= 0.3 is 11.8 Å². The molecule has 0 aromatic heterocycles. The van der Waals surface area contributed by atoms with Gasteiger partial charge in [-0.1, -0.05) is 65.7 Å². The molecule has 0 atom stereocenters. The van der Waals surface area contributed by atoms with E-state index < -0.39 is 11.8 Å². The zero-order chi connectivity index (χ0) is 21.3. The van der Waals surface area contributed by atoms with Crippen molar-refractivity contribution in [2.75, 3.05) is 5.32 Å². The molecule has 30 heavy (non-hydrogen) atoms. The Balaban J connectivity index is 1.52. The second kappa shape index (κ2) is 10.4. The van der Waals surface area contributed by atoms with Gasteiger partial charge in [-0.3, -0.25) is 9.59 Å². The molecule has 0 aliphatic carbocycles. The summed E-state index contributed by atoms with van der Waals surface area (Å²) in [6.07, 6.45) is 1.42. The Morgan fingerprint density at radius 2 is 1.70 bits per heavy atom. The predicted octanol–water partition coefficient (Wildman–Crippen LogP) is 4.66. The maximum absolute atomic E-state index is 11.9. The molecule has 0 radical (unpaired) electrons. The lowest BCUT2D eigenvalue weighted by atomic mass is 10.2. The summed E-state index contributed by atoms with van der Waals surface area (Å²) in [5.74, 6) is -1.15. The van der Waals surface area contributed by atoms with Crippen LogP contribution in [0.4, 0.5) is 5.69 Å². The summed E-state index contributed by atoms with van der Waals surface area (Å²) in [5.41, 5.74) is 4.27. The van der Waals surface area contributed by atoms with E-state index in [4.69, 9.17) is 27.9 Å². The topological polar surface area (TPSA) is 79.8 Å². The largest absolute Gasteiger partial charge is 0.489 e. The van der Waals surface area contributed by atoms with Crippen molar-refractivity contribution >= 4 is 46.9 Å². The van der Waals surface area contributed by atoms with Crippen LogP contribution < -0.4 is 15.5 Å². The van der Waals surface area contributed by atoms with Gasteiger partial charge in [-0.15, -0.1) is 0 Å². The highest BCUT2D eigenvalue weighted by molar-refractivity contribution is 6.42. The van der Waals surface area contributed by atoms with Crippen LogP contribution in [0.2, 0.25) is 10.0 Å². The number of nitrogens with one attached hydrogen (secondary N) is 2. The Kier molecular flexibility index (Phi) is 7.43. The standard InChI is InChI=1S/C22H17Cl2N3O3/c23-19-10-9-17(12-20(19)24)26-21(28)22(29)27-25-13-16-7-4-8-18(11-16)30-14-15-5-2-1-3-6-15/h1-13H,14H2,(H,26,28)(H,27,29)/b25-13+. The quantitative estimate of drug-likeness (QED) is 0.331. The second-order valence-corrected chi connectivity index (χ2v) is 6.94. The Morgan fingerprint density at radius 3 is 2.47 bits per heavy atom. The molecule has 3 aromatic carbocycles. The molecule has 6 nitrogen and oxygen atoms in total. The van der Waals surface area contributed by atoms with Crippen LogP contribution >= 0.6 is 23.2 Å². The van der Waals surface area contributed by atoms with Crippen LogP contribution in [-0.4, -0.2) is 18.0 Å².